The maximum atomic E-state index is 10.2. The van der Waals surface area contributed by atoms with Crippen LogP contribution in [0.15, 0.2) is 109 Å². The average molecular weight is 653 g/mol. The molecule has 1 N–H and O–H groups in total. The molecule has 0 unspecified atom stereocenters. The minimum absolute atomic E-state index is 0. The van der Waals surface area contributed by atoms with Crippen molar-refractivity contribution in [3.63, 3.8) is 0 Å². The quantitative estimate of drug-likeness (QED) is 0.194. The predicted molar refractivity (Wildman–Crippen MR) is 138 cm³/mol. The molecule has 4 nitrogen and oxygen atoms in total. The molecule has 0 saturated carbocycles. The SMILES string of the molecule is CC(C)(c1ccccc1)c1ccnc(Oc2[c-]c(-c3cccc(-c4ccccc4O)n3)ccc2)c1.[Pt]. The summed E-state index contributed by atoms with van der Waals surface area (Å²) in [5.41, 5.74) is 5.05. The van der Waals surface area contributed by atoms with Gasteiger partial charge in [-0.3, -0.25) is 4.98 Å². The van der Waals surface area contributed by atoms with Crippen LogP contribution < -0.4 is 4.74 Å². The van der Waals surface area contributed by atoms with Crippen LogP contribution in [0.25, 0.3) is 22.5 Å². The molecule has 0 amide bonds. The third-order valence-corrected chi connectivity index (χ3v) is 6.14. The van der Waals surface area contributed by atoms with Gasteiger partial charge in [0.05, 0.1) is 5.69 Å². The molecule has 0 aliphatic heterocycles. The van der Waals surface area contributed by atoms with Crippen molar-refractivity contribution in [2.24, 2.45) is 0 Å². The van der Waals surface area contributed by atoms with E-state index in [-0.39, 0.29) is 32.2 Å². The van der Waals surface area contributed by atoms with Crippen LogP contribution in [0.5, 0.6) is 17.4 Å². The van der Waals surface area contributed by atoms with E-state index in [1.54, 1.807) is 18.3 Å². The van der Waals surface area contributed by atoms with Gasteiger partial charge in [0.1, 0.15) is 5.75 Å². The second-order valence-corrected chi connectivity index (χ2v) is 8.83. The molecule has 5 rings (SSSR count). The zero-order valence-electron chi connectivity index (χ0n) is 20.0. The Kier molecular flexibility index (Phi) is 7.66. The molecule has 3 aromatic carbocycles. The fraction of sp³-hybridized carbons (Fsp3) is 0.0968. The van der Waals surface area contributed by atoms with Gasteiger partial charge in [0, 0.05) is 50.1 Å². The number of pyridine rings is 2. The zero-order chi connectivity index (χ0) is 24.3. The Hall–Kier alpha value is -3.75. The van der Waals surface area contributed by atoms with Gasteiger partial charge < -0.3 is 9.84 Å². The van der Waals surface area contributed by atoms with Crippen molar-refractivity contribution >= 4 is 0 Å². The molecule has 5 heteroatoms. The Morgan fingerprint density at radius 3 is 2.28 bits per heavy atom. The normalized spacial score (nSPS) is 10.9. The molecular formula is C31H25N2O2Pt-. The van der Waals surface area contributed by atoms with Crippen molar-refractivity contribution < 1.29 is 30.9 Å². The van der Waals surface area contributed by atoms with Gasteiger partial charge in [-0.1, -0.05) is 74.5 Å². The first-order chi connectivity index (χ1) is 17.0. The second kappa shape index (κ2) is 10.9. The van der Waals surface area contributed by atoms with Gasteiger partial charge in [0.15, 0.2) is 0 Å². The number of ether oxygens (including phenoxy) is 1. The van der Waals surface area contributed by atoms with Gasteiger partial charge in [-0.15, -0.1) is 23.8 Å². The van der Waals surface area contributed by atoms with Gasteiger partial charge in [-0.25, -0.2) is 4.98 Å². The summed E-state index contributed by atoms with van der Waals surface area (Å²) >= 11 is 0. The maximum absolute atomic E-state index is 10.2. The summed E-state index contributed by atoms with van der Waals surface area (Å²) in [6, 6.07) is 36.3. The molecule has 36 heavy (non-hydrogen) atoms. The van der Waals surface area contributed by atoms with Crippen molar-refractivity contribution in [3.8, 4) is 39.9 Å². The van der Waals surface area contributed by atoms with Crippen molar-refractivity contribution in [3.05, 3.63) is 127 Å². The number of benzene rings is 3. The molecule has 0 aliphatic rings. The summed E-state index contributed by atoms with van der Waals surface area (Å²) in [6.45, 7) is 4.38. The van der Waals surface area contributed by atoms with Crippen LogP contribution in [-0.2, 0) is 26.5 Å². The molecule has 0 saturated heterocycles. The first-order valence-corrected chi connectivity index (χ1v) is 11.5. The number of phenolic OH excluding ortho intramolecular Hbond substituents is 1. The maximum Gasteiger partial charge on any atom is 0.217 e. The average Bonchev–Trinajstić information content (AvgIpc) is 2.90. The van der Waals surface area contributed by atoms with Gasteiger partial charge in [0.2, 0.25) is 5.88 Å². The van der Waals surface area contributed by atoms with E-state index in [1.165, 1.54) is 5.56 Å². The van der Waals surface area contributed by atoms with Crippen molar-refractivity contribution in [2.45, 2.75) is 19.3 Å². The molecule has 2 aromatic heterocycles. The van der Waals surface area contributed by atoms with Crippen molar-refractivity contribution in [1.29, 1.82) is 0 Å². The topological polar surface area (TPSA) is 55.2 Å². The number of phenols is 1. The Morgan fingerprint density at radius 1 is 0.750 bits per heavy atom. The van der Waals surface area contributed by atoms with Gasteiger partial charge in [-0.05, 0) is 41.1 Å². The minimum Gasteiger partial charge on any atom is -0.507 e. The number of nitrogens with zero attached hydrogens (tertiary/aromatic N) is 2. The van der Waals surface area contributed by atoms with E-state index in [2.05, 4.69) is 49.2 Å². The monoisotopic (exact) mass is 652 g/mol. The van der Waals surface area contributed by atoms with Crippen LogP contribution >= 0.6 is 0 Å². The van der Waals surface area contributed by atoms with Crippen LogP contribution in [-0.4, -0.2) is 15.1 Å². The van der Waals surface area contributed by atoms with Crippen LogP contribution in [0.1, 0.15) is 25.0 Å². The molecule has 0 aliphatic carbocycles. The molecule has 2 heterocycles. The summed E-state index contributed by atoms with van der Waals surface area (Å²) < 4.78 is 6.11. The number of aromatic hydroxyl groups is 1. The molecule has 0 radical (unpaired) electrons. The number of hydrogen-bond donors (Lipinski definition) is 1. The predicted octanol–water partition coefficient (Wildman–Crippen LogP) is 7.43. The van der Waals surface area contributed by atoms with E-state index >= 15 is 0 Å². The molecule has 0 fully saturated rings. The van der Waals surface area contributed by atoms with E-state index in [0.717, 1.165) is 16.8 Å². The van der Waals surface area contributed by atoms with Gasteiger partial charge in [-0.2, -0.15) is 0 Å². The largest absolute Gasteiger partial charge is 0.507 e. The van der Waals surface area contributed by atoms with E-state index in [4.69, 9.17) is 9.72 Å². The smallest absolute Gasteiger partial charge is 0.217 e. The fourth-order valence-corrected chi connectivity index (χ4v) is 4.07. The molecule has 0 bridgehead atoms. The standard InChI is InChI=1S/C31H25N2O2.Pt/c1-31(2,23-11-4-3-5-12-23)24-18-19-32-30(21-24)35-25-13-8-10-22(20-25)27-15-9-16-28(33-27)26-14-6-7-17-29(26)34;/h3-19,21,34H,1-2H3;/q-1;. The minimum atomic E-state index is -0.193. The summed E-state index contributed by atoms with van der Waals surface area (Å²) in [6.07, 6.45) is 1.77. The first-order valence-electron chi connectivity index (χ1n) is 11.5. The summed E-state index contributed by atoms with van der Waals surface area (Å²) in [4.78, 5) is 9.16. The summed E-state index contributed by atoms with van der Waals surface area (Å²) in [7, 11) is 0. The molecule has 0 atom stereocenters. The van der Waals surface area contributed by atoms with E-state index < -0.39 is 0 Å². The van der Waals surface area contributed by atoms with Gasteiger partial charge in [0.25, 0.3) is 0 Å². The molecule has 0 spiro atoms. The Labute approximate surface area is 225 Å². The Morgan fingerprint density at radius 2 is 1.47 bits per heavy atom. The number of rotatable bonds is 6. The molecular weight excluding hydrogens is 627 g/mol. The third kappa shape index (κ3) is 5.40. The van der Waals surface area contributed by atoms with E-state index in [1.807, 2.05) is 66.7 Å². The Bertz CT molecular complexity index is 1470. The van der Waals surface area contributed by atoms with Crippen molar-refractivity contribution in [1.82, 2.24) is 9.97 Å². The number of aromatic nitrogens is 2. The fourth-order valence-electron chi connectivity index (χ4n) is 4.07. The third-order valence-electron chi connectivity index (χ3n) is 6.14. The van der Waals surface area contributed by atoms with Crippen molar-refractivity contribution in [2.75, 3.05) is 0 Å². The Balaban J connectivity index is 0.00000304. The molecule has 182 valence electrons. The summed E-state index contributed by atoms with van der Waals surface area (Å²) in [5, 5.41) is 10.2. The van der Waals surface area contributed by atoms with Crippen LogP contribution in [0, 0.1) is 6.07 Å². The van der Waals surface area contributed by atoms with E-state index in [0.29, 0.717) is 22.9 Å². The van der Waals surface area contributed by atoms with Crippen LogP contribution in [0.4, 0.5) is 0 Å². The van der Waals surface area contributed by atoms with Crippen LogP contribution in [0.2, 0.25) is 0 Å². The first kappa shape index (κ1) is 25.3. The second-order valence-electron chi connectivity index (χ2n) is 8.83. The molecule has 5 aromatic rings. The van der Waals surface area contributed by atoms with Crippen LogP contribution in [0.3, 0.4) is 0 Å². The zero-order valence-corrected chi connectivity index (χ0v) is 22.2. The summed E-state index contributed by atoms with van der Waals surface area (Å²) in [5.74, 6) is 1.26. The van der Waals surface area contributed by atoms with Gasteiger partial charge >= 0.3 is 0 Å². The van der Waals surface area contributed by atoms with E-state index in [9.17, 15) is 5.11 Å². The number of hydrogen-bond acceptors (Lipinski definition) is 4. The number of para-hydroxylation sites is 1.